The average molecular weight is 341 g/mol. The second-order valence-electron chi connectivity index (χ2n) is 4.42. The number of benzene rings is 2. The second kappa shape index (κ2) is 6.01. The van der Waals surface area contributed by atoms with Crippen molar-refractivity contribution in [2.75, 3.05) is 4.72 Å². The number of nitrogens with two attached hydrogens (primary N) is 1. The van der Waals surface area contributed by atoms with E-state index < -0.39 is 10.0 Å². The molecule has 2 aromatic carbocycles. The summed E-state index contributed by atoms with van der Waals surface area (Å²) in [7, 11) is -3.76. The van der Waals surface area contributed by atoms with E-state index in [2.05, 4.69) is 4.72 Å². The van der Waals surface area contributed by atoms with Crippen molar-refractivity contribution in [1.82, 2.24) is 0 Å². The highest BCUT2D eigenvalue weighted by atomic mass is 35.5. The summed E-state index contributed by atoms with van der Waals surface area (Å²) in [6.45, 7) is 1.81. The Labute approximate surface area is 134 Å². The molecule has 3 N–H and O–H groups in total. The van der Waals surface area contributed by atoms with Crippen LogP contribution in [0.2, 0.25) is 5.02 Å². The first-order chi connectivity index (χ1) is 9.81. The molecule has 0 aliphatic heterocycles. The lowest BCUT2D eigenvalue weighted by atomic mass is 10.1. The van der Waals surface area contributed by atoms with Crippen LogP contribution in [0, 0.1) is 6.92 Å². The quantitative estimate of drug-likeness (QED) is 0.839. The Hall–Kier alpha value is -1.63. The molecule has 110 valence electrons. The first-order valence-corrected chi connectivity index (χ1v) is 8.26. The normalized spacial score (nSPS) is 11.1. The van der Waals surface area contributed by atoms with Gasteiger partial charge in [-0.1, -0.05) is 42.0 Å². The van der Waals surface area contributed by atoms with E-state index in [0.717, 1.165) is 5.56 Å². The van der Waals surface area contributed by atoms with Gasteiger partial charge in [0.15, 0.2) is 0 Å². The van der Waals surface area contributed by atoms with Crippen LogP contribution in [0.5, 0.6) is 0 Å². The predicted molar refractivity (Wildman–Crippen MR) is 89.3 cm³/mol. The Bertz CT molecular complexity index is 804. The molecule has 0 amide bonds. The van der Waals surface area contributed by atoms with Gasteiger partial charge in [0.2, 0.25) is 0 Å². The van der Waals surface area contributed by atoms with Crippen molar-refractivity contribution in [3.8, 4) is 0 Å². The number of halogens is 1. The Morgan fingerprint density at radius 2 is 1.90 bits per heavy atom. The van der Waals surface area contributed by atoms with Crippen molar-refractivity contribution < 1.29 is 8.42 Å². The lowest BCUT2D eigenvalue weighted by molar-refractivity contribution is 0.601. The summed E-state index contributed by atoms with van der Waals surface area (Å²) in [5, 5.41) is 0.344. The maximum atomic E-state index is 12.4. The highest BCUT2D eigenvalue weighted by Crippen LogP contribution is 2.24. The van der Waals surface area contributed by atoms with Gasteiger partial charge in [-0.05, 0) is 36.8 Å². The smallest absolute Gasteiger partial charge is 0.261 e. The molecule has 0 saturated carbocycles. The fourth-order valence-corrected chi connectivity index (χ4v) is 3.56. The van der Waals surface area contributed by atoms with Crippen molar-refractivity contribution in [2.45, 2.75) is 11.8 Å². The van der Waals surface area contributed by atoms with Gasteiger partial charge < -0.3 is 5.73 Å². The Morgan fingerprint density at radius 1 is 1.24 bits per heavy atom. The van der Waals surface area contributed by atoms with Gasteiger partial charge in [-0.2, -0.15) is 0 Å². The molecule has 0 unspecified atom stereocenters. The Balaban J connectivity index is 2.47. The van der Waals surface area contributed by atoms with E-state index in [-0.39, 0.29) is 9.88 Å². The zero-order valence-electron chi connectivity index (χ0n) is 11.1. The fourth-order valence-electron chi connectivity index (χ4n) is 1.92. The number of hydrogen-bond acceptors (Lipinski definition) is 3. The molecule has 0 saturated heterocycles. The summed E-state index contributed by atoms with van der Waals surface area (Å²) >= 11 is 10.8. The van der Waals surface area contributed by atoms with Gasteiger partial charge in [0.25, 0.3) is 10.0 Å². The molecule has 21 heavy (non-hydrogen) atoms. The van der Waals surface area contributed by atoms with Gasteiger partial charge in [-0.15, -0.1) is 0 Å². The first kappa shape index (κ1) is 15.8. The minimum atomic E-state index is -3.76. The van der Waals surface area contributed by atoms with Crippen molar-refractivity contribution >= 4 is 44.5 Å². The molecule has 0 aliphatic carbocycles. The summed E-state index contributed by atoms with van der Waals surface area (Å²) in [5.41, 5.74) is 7.33. The lowest BCUT2D eigenvalue weighted by Gasteiger charge is -2.14. The van der Waals surface area contributed by atoms with Crippen LogP contribution in [0.3, 0.4) is 0 Å². The van der Waals surface area contributed by atoms with Gasteiger partial charge in [0, 0.05) is 10.6 Å². The highest BCUT2D eigenvalue weighted by molar-refractivity contribution is 7.92. The van der Waals surface area contributed by atoms with Crippen LogP contribution in [0.25, 0.3) is 0 Å². The molecule has 7 heteroatoms. The largest absolute Gasteiger partial charge is 0.389 e. The van der Waals surface area contributed by atoms with Crippen molar-refractivity contribution in [3.05, 3.63) is 58.6 Å². The van der Waals surface area contributed by atoms with E-state index in [1.807, 2.05) is 13.0 Å². The zero-order valence-corrected chi connectivity index (χ0v) is 13.5. The number of aryl methyl sites for hydroxylation is 1. The van der Waals surface area contributed by atoms with Gasteiger partial charge >= 0.3 is 0 Å². The fraction of sp³-hybridized carbons (Fsp3) is 0.0714. The van der Waals surface area contributed by atoms with E-state index >= 15 is 0 Å². The molecule has 0 aromatic heterocycles. The van der Waals surface area contributed by atoms with Gasteiger partial charge in [-0.25, -0.2) is 8.42 Å². The topological polar surface area (TPSA) is 72.2 Å². The van der Waals surface area contributed by atoms with Crippen molar-refractivity contribution in [1.29, 1.82) is 0 Å². The Morgan fingerprint density at radius 3 is 2.52 bits per heavy atom. The monoisotopic (exact) mass is 340 g/mol. The lowest BCUT2D eigenvalue weighted by Crippen LogP contribution is -2.19. The molecule has 0 aliphatic rings. The van der Waals surface area contributed by atoms with Gasteiger partial charge in [0.05, 0.1) is 10.6 Å². The van der Waals surface area contributed by atoms with E-state index in [0.29, 0.717) is 16.3 Å². The van der Waals surface area contributed by atoms with Gasteiger partial charge in [-0.3, -0.25) is 4.72 Å². The molecule has 0 heterocycles. The van der Waals surface area contributed by atoms with Crippen molar-refractivity contribution in [3.63, 3.8) is 0 Å². The summed E-state index contributed by atoms with van der Waals surface area (Å²) in [4.78, 5) is 0.210. The van der Waals surface area contributed by atoms with E-state index in [4.69, 9.17) is 29.6 Å². The summed E-state index contributed by atoms with van der Waals surface area (Å²) < 4.78 is 27.3. The van der Waals surface area contributed by atoms with Crippen LogP contribution >= 0.6 is 23.8 Å². The molecular weight excluding hydrogens is 328 g/mol. The number of nitrogens with one attached hydrogen (secondary N) is 1. The van der Waals surface area contributed by atoms with Crippen molar-refractivity contribution in [2.24, 2.45) is 5.73 Å². The predicted octanol–water partition coefficient (Wildman–Crippen LogP) is 3.08. The van der Waals surface area contributed by atoms with Crippen LogP contribution in [-0.2, 0) is 10.0 Å². The number of rotatable bonds is 4. The zero-order chi connectivity index (χ0) is 15.6. The molecule has 0 bridgehead atoms. The highest BCUT2D eigenvalue weighted by Gasteiger charge is 2.18. The molecule has 0 spiro atoms. The number of sulfonamides is 1. The third-order valence-electron chi connectivity index (χ3n) is 2.87. The SMILES string of the molecule is Cc1cccc(NS(=O)(=O)c2cccc(Cl)c2)c1C(N)=S. The van der Waals surface area contributed by atoms with Crippen LogP contribution in [0.1, 0.15) is 11.1 Å². The van der Waals surface area contributed by atoms with Crippen LogP contribution in [0.4, 0.5) is 5.69 Å². The maximum absolute atomic E-state index is 12.4. The second-order valence-corrected chi connectivity index (χ2v) is 6.98. The molecular formula is C14H13ClN2O2S2. The molecule has 0 fully saturated rings. The van der Waals surface area contributed by atoms with E-state index in [1.165, 1.54) is 12.1 Å². The standard InChI is InChI=1S/C14H13ClN2O2S2/c1-9-4-2-7-12(13(9)14(16)20)17-21(18,19)11-6-3-5-10(15)8-11/h2-8,17H,1H3,(H2,16,20). The maximum Gasteiger partial charge on any atom is 0.261 e. The average Bonchev–Trinajstić information content (AvgIpc) is 2.37. The number of anilines is 1. The molecule has 2 aromatic rings. The third-order valence-corrected chi connectivity index (χ3v) is 4.67. The Kier molecular flexibility index (Phi) is 4.51. The summed E-state index contributed by atoms with van der Waals surface area (Å²) in [5.74, 6) is 0. The number of thiocarbonyl (C=S) groups is 1. The van der Waals surface area contributed by atoms with E-state index in [1.54, 1.807) is 24.3 Å². The molecule has 0 atom stereocenters. The minimum absolute atomic E-state index is 0.0744. The minimum Gasteiger partial charge on any atom is -0.389 e. The third kappa shape index (κ3) is 3.53. The molecule has 4 nitrogen and oxygen atoms in total. The number of hydrogen-bond donors (Lipinski definition) is 2. The summed E-state index contributed by atoms with van der Waals surface area (Å²) in [6, 6.07) is 11.2. The van der Waals surface area contributed by atoms with Gasteiger partial charge in [0.1, 0.15) is 4.99 Å². The molecule has 0 radical (unpaired) electrons. The molecule has 2 rings (SSSR count). The first-order valence-electron chi connectivity index (χ1n) is 5.99. The van der Waals surface area contributed by atoms with Crippen LogP contribution in [-0.4, -0.2) is 13.4 Å². The van der Waals surface area contributed by atoms with Crippen LogP contribution < -0.4 is 10.5 Å². The van der Waals surface area contributed by atoms with Crippen LogP contribution in [0.15, 0.2) is 47.4 Å². The summed E-state index contributed by atoms with van der Waals surface area (Å²) in [6.07, 6.45) is 0. The van der Waals surface area contributed by atoms with E-state index in [9.17, 15) is 8.42 Å².